The van der Waals surface area contributed by atoms with Crippen LogP contribution in [0.25, 0.3) is 11.8 Å². The molecule has 1 aromatic heterocycles. The quantitative estimate of drug-likeness (QED) is 0.683. The highest BCUT2D eigenvalue weighted by Crippen LogP contribution is 2.35. The molecule has 0 N–H and O–H groups in total. The number of aromatic nitrogens is 1. The first-order valence-electron chi connectivity index (χ1n) is 8.73. The summed E-state index contributed by atoms with van der Waals surface area (Å²) in [5.41, 5.74) is 6.94. The number of amides is 1. The van der Waals surface area contributed by atoms with Crippen LogP contribution in [0.1, 0.15) is 38.3 Å². The molecule has 1 aliphatic heterocycles. The van der Waals surface area contributed by atoms with Gasteiger partial charge in [0.05, 0.1) is 17.9 Å². The van der Waals surface area contributed by atoms with E-state index in [0.717, 1.165) is 33.6 Å². The van der Waals surface area contributed by atoms with Crippen LogP contribution >= 0.6 is 0 Å². The number of rotatable bonds is 3. The Balaban J connectivity index is 1.80. The predicted octanol–water partition coefficient (Wildman–Crippen LogP) is 4.85. The van der Waals surface area contributed by atoms with Gasteiger partial charge in [0.15, 0.2) is 0 Å². The molecule has 1 amide bonds. The standard InChI is InChI=1S/C23H20N2O/c1-16-6-9-18(10-7-16)14-22-20-11-8-17(2)13-21(20)23(26)25(22)15-19-5-3-4-12-24-19/h3-14H,15H2,1-2H3/b22-14+. The van der Waals surface area contributed by atoms with Gasteiger partial charge in [0.25, 0.3) is 5.91 Å². The molecule has 0 saturated heterocycles. The molecule has 3 heteroatoms. The van der Waals surface area contributed by atoms with Crippen molar-refractivity contribution in [3.63, 3.8) is 0 Å². The summed E-state index contributed by atoms with van der Waals surface area (Å²) in [7, 11) is 0. The molecular weight excluding hydrogens is 320 g/mol. The van der Waals surface area contributed by atoms with Crippen molar-refractivity contribution in [2.45, 2.75) is 20.4 Å². The fourth-order valence-electron chi connectivity index (χ4n) is 3.25. The van der Waals surface area contributed by atoms with Crippen LogP contribution in [-0.2, 0) is 6.54 Å². The first-order chi connectivity index (χ1) is 12.6. The second kappa shape index (κ2) is 6.60. The van der Waals surface area contributed by atoms with Gasteiger partial charge in [-0.1, -0.05) is 53.6 Å². The Labute approximate surface area is 153 Å². The van der Waals surface area contributed by atoms with Crippen LogP contribution in [0.4, 0.5) is 0 Å². The van der Waals surface area contributed by atoms with Crippen molar-refractivity contribution < 1.29 is 4.79 Å². The first kappa shape index (κ1) is 16.3. The highest BCUT2D eigenvalue weighted by atomic mass is 16.2. The Morgan fingerprint density at radius 3 is 2.42 bits per heavy atom. The Morgan fingerprint density at radius 1 is 0.923 bits per heavy atom. The molecule has 0 radical (unpaired) electrons. The summed E-state index contributed by atoms with van der Waals surface area (Å²) < 4.78 is 0. The third-order valence-corrected chi connectivity index (χ3v) is 4.64. The Morgan fingerprint density at radius 2 is 1.69 bits per heavy atom. The molecule has 0 atom stereocenters. The average Bonchev–Trinajstić information content (AvgIpc) is 2.90. The second-order valence-corrected chi connectivity index (χ2v) is 6.70. The van der Waals surface area contributed by atoms with Crippen LogP contribution in [0.2, 0.25) is 0 Å². The lowest BCUT2D eigenvalue weighted by Crippen LogP contribution is -2.23. The molecule has 0 bridgehead atoms. The number of aryl methyl sites for hydroxylation is 2. The van der Waals surface area contributed by atoms with Crippen molar-refractivity contribution in [3.05, 3.63) is 100 Å². The van der Waals surface area contributed by atoms with E-state index in [1.807, 2.05) is 42.2 Å². The number of pyridine rings is 1. The number of hydrogen-bond acceptors (Lipinski definition) is 2. The summed E-state index contributed by atoms with van der Waals surface area (Å²) >= 11 is 0. The van der Waals surface area contributed by atoms with Crippen molar-refractivity contribution in [1.82, 2.24) is 9.88 Å². The van der Waals surface area contributed by atoms with E-state index in [0.29, 0.717) is 6.54 Å². The van der Waals surface area contributed by atoms with Crippen molar-refractivity contribution in [2.75, 3.05) is 0 Å². The second-order valence-electron chi connectivity index (χ2n) is 6.70. The highest BCUT2D eigenvalue weighted by Gasteiger charge is 2.32. The van der Waals surface area contributed by atoms with Gasteiger partial charge in [-0.25, -0.2) is 0 Å². The van der Waals surface area contributed by atoms with Crippen LogP contribution in [0.5, 0.6) is 0 Å². The van der Waals surface area contributed by atoms with Crippen LogP contribution in [0.15, 0.2) is 66.9 Å². The molecule has 0 unspecified atom stereocenters. The molecule has 128 valence electrons. The summed E-state index contributed by atoms with van der Waals surface area (Å²) in [5, 5.41) is 0. The molecule has 1 aliphatic rings. The molecule has 0 fully saturated rings. The van der Waals surface area contributed by atoms with E-state index >= 15 is 0 Å². The molecule has 3 nitrogen and oxygen atoms in total. The van der Waals surface area contributed by atoms with E-state index in [-0.39, 0.29) is 5.91 Å². The van der Waals surface area contributed by atoms with Gasteiger partial charge in [-0.15, -0.1) is 0 Å². The highest BCUT2D eigenvalue weighted by molar-refractivity contribution is 6.11. The zero-order chi connectivity index (χ0) is 18.1. The minimum Gasteiger partial charge on any atom is -0.302 e. The minimum atomic E-state index is 0.0349. The van der Waals surface area contributed by atoms with E-state index in [4.69, 9.17) is 0 Å². The van der Waals surface area contributed by atoms with Crippen LogP contribution in [0.3, 0.4) is 0 Å². The lowest BCUT2D eigenvalue weighted by Gasteiger charge is -2.18. The Kier molecular flexibility index (Phi) is 4.13. The summed E-state index contributed by atoms with van der Waals surface area (Å²) in [6.45, 7) is 4.55. The zero-order valence-corrected chi connectivity index (χ0v) is 14.9. The number of carbonyl (C=O) groups is 1. The summed E-state index contributed by atoms with van der Waals surface area (Å²) in [5.74, 6) is 0.0349. The fourth-order valence-corrected chi connectivity index (χ4v) is 3.25. The molecule has 26 heavy (non-hydrogen) atoms. The number of carbonyl (C=O) groups excluding carboxylic acids is 1. The molecule has 2 aromatic carbocycles. The largest absolute Gasteiger partial charge is 0.302 e. The SMILES string of the molecule is Cc1ccc(/C=C2\c3ccc(C)cc3C(=O)N2Cc2ccccn2)cc1. The summed E-state index contributed by atoms with van der Waals surface area (Å²) in [6.07, 6.45) is 3.85. The van der Waals surface area contributed by atoms with E-state index in [9.17, 15) is 4.79 Å². The van der Waals surface area contributed by atoms with Crippen LogP contribution in [0, 0.1) is 13.8 Å². The molecule has 0 saturated carbocycles. The third-order valence-electron chi connectivity index (χ3n) is 4.64. The van der Waals surface area contributed by atoms with E-state index in [2.05, 4.69) is 48.3 Å². The fraction of sp³-hybridized carbons (Fsp3) is 0.130. The van der Waals surface area contributed by atoms with Gasteiger partial charge in [-0.2, -0.15) is 0 Å². The van der Waals surface area contributed by atoms with Crippen molar-refractivity contribution >= 4 is 17.7 Å². The smallest absolute Gasteiger partial charge is 0.259 e. The van der Waals surface area contributed by atoms with Crippen LogP contribution < -0.4 is 0 Å². The van der Waals surface area contributed by atoms with E-state index < -0.39 is 0 Å². The molecule has 0 spiro atoms. The van der Waals surface area contributed by atoms with Gasteiger partial charge in [-0.05, 0) is 43.7 Å². The molecular formula is C23H20N2O. The zero-order valence-electron chi connectivity index (χ0n) is 14.9. The lowest BCUT2D eigenvalue weighted by atomic mass is 10.0. The van der Waals surface area contributed by atoms with Gasteiger partial charge in [0.1, 0.15) is 0 Å². The Hall–Kier alpha value is -3.20. The summed E-state index contributed by atoms with van der Waals surface area (Å²) in [4.78, 5) is 19.3. The number of benzene rings is 2. The first-order valence-corrected chi connectivity index (χ1v) is 8.73. The molecule has 2 heterocycles. The van der Waals surface area contributed by atoms with E-state index in [1.54, 1.807) is 6.20 Å². The predicted molar refractivity (Wildman–Crippen MR) is 104 cm³/mol. The normalized spacial score (nSPS) is 14.8. The van der Waals surface area contributed by atoms with Gasteiger partial charge >= 0.3 is 0 Å². The third kappa shape index (κ3) is 3.04. The average molecular weight is 340 g/mol. The monoisotopic (exact) mass is 340 g/mol. The maximum absolute atomic E-state index is 13.1. The molecule has 0 aliphatic carbocycles. The minimum absolute atomic E-state index is 0.0349. The number of hydrogen-bond donors (Lipinski definition) is 0. The summed E-state index contributed by atoms with van der Waals surface area (Å²) in [6, 6.07) is 20.2. The van der Waals surface area contributed by atoms with Gasteiger partial charge in [-0.3, -0.25) is 9.78 Å². The van der Waals surface area contributed by atoms with Gasteiger partial charge in [0.2, 0.25) is 0 Å². The molecule has 3 aromatic rings. The van der Waals surface area contributed by atoms with E-state index in [1.165, 1.54) is 5.56 Å². The van der Waals surface area contributed by atoms with Crippen molar-refractivity contribution in [2.24, 2.45) is 0 Å². The number of fused-ring (bicyclic) bond motifs is 1. The Bertz CT molecular complexity index is 988. The van der Waals surface area contributed by atoms with Crippen molar-refractivity contribution in [1.29, 1.82) is 0 Å². The van der Waals surface area contributed by atoms with Crippen LogP contribution in [-0.4, -0.2) is 15.8 Å². The maximum atomic E-state index is 13.1. The van der Waals surface area contributed by atoms with Gasteiger partial charge in [0, 0.05) is 17.3 Å². The lowest BCUT2D eigenvalue weighted by molar-refractivity contribution is 0.0842. The number of nitrogens with zero attached hydrogens (tertiary/aromatic N) is 2. The molecule has 4 rings (SSSR count). The topological polar surface area (TPSA) is 33.2 Å². The maximum Gasteiger partial charge on any atom is 0.259 e. The van der Waals surface area contributed by atoms with Gasteiger partial charge < -0.3 is 4.90 Å². The van der Waals surface area contributed by atoms with Crippen molar-refractivity contribution in [3.8, 4) is 0 Å².